The van der Waals surface area contributed by atoms with Gasteiger partial charge in [-0.1, -0.05) is 148 Å². The van der Waals surface area contributed by atoms with Gasteiger partial charge in [-0.15, -0.1) is 0 Å². The zero-order valence-corrected chi connectivity index (χ0v) is 57.3. The lowest BCUT2D eigenvalue weighted by atomic mass is 10.0. The number of carbonyl (C=O) groups excluding carboxylic acids is 1. The van der Waals surface area contributed by atoms with Gasteiger partial charge in [0.05, 0.1) is 37.7 Å². The standard InChI is InChI=1S/C6H4BClN4O.C6H4BClN4.2C6H15N.2C5H6BClN4.2C4H3Cl2N3.2CH5BN.CCl2O/c7-1-12-5-3(11-6(12)13)4(8)9-2-10-5;7-1-12-3-11-4-5(8)9-2-10-6(4)12;2*1-4-7(5-2)6-3;2*6-1-9-5-3(8)4(7)10-2-11-5;2*5-3-2(7)4(6)9-1-8-3;2*1-2-3;2-1(3)4/h2H,1H2,(H,11,13);2-3H,1H2;2*4-6H2,1-3H3;2*2H,1,8H2,(H,9,10,11);2*1H,7H2;2*3H2,1H3;. The highest BCUT2D eigenvalue weighted by Crippen LogP contribution is 2.24. The quantitative estimate of drug-likeness (QED) is 0.0330. The smallest absolute Gasteiger partial charge is 0.327 e. The number of nitrogens with one attached hydrogen (secondary N) is 3. The average molecular weight is 1420 g/mol. The molecule has 476 valence electrons. The Morgan fingerprint density at radius 2 is 0.787 bits per heavy atom. The maximum atomic E-state index is 11.2. The molecule has 0 aromatic carbocycles. The SMILES string of the molecule is CCN(CC)CC.CCN(CC)CC.C[B]N.C[B]N.Nc1c(Cl)ncnc1Cl.Nc1c(Cl)ncnc1Cl.O=C(Cl)Cl.[B]CNc1ncnc(Cl)c1N.[B]CNc1ncnc(Cl)c1N.[B]Cn1c(=O)[nH]c2c(Cl)ncnc21.[B]Cn1cnc2c(Cl)ncnc21. The minimum Gasteiger partial charge on any atom is -0.394 e. The number of aromatic nitrogens is 16. The van der Waals surface area contributed by atoms with Crippen molar-refractivity contribution in [1.82, 2.24) is 88.7 Å². The Bertz CT molecular complexity index is 3070. The van der Waals surface area contributed by atoms with Gasteiger partial charge >= 0.3 is 10.4 Å². The van der Waals surface area contributed by atoms with Gasteiger partial charge in [-0.2, -0.15) is 0 Å². The number of imidazole rings is 2. The highest BCUT2D eigenvalue weighted by molar-refractivity contribution is 6.93. The maximum Gasteiger partial charge on any atom is 0.327 e. The Hall–Kier alpha value is -5.18. The maximum absolute atomic E-state index is 11.2. The molecule has 28 nitrogen and oxygen atoms in total. The van der Waals surface area contributed by atoms with Crippen LogP contribution in [0.15, 0.2) is 49.1 Å². The fourth-order valence-corrected chi connectivity index (χ4v) is 6.62. The van der Waals surface area contributed by atoms with E-state index in [1.807, 2.05) is 0 Å². The molecule has 0 atom stereocenters. The summed E-state index contributed by atoms with van der Waals surface area (Å²) in [6.07, 6.45) is 10.3. The van der Waals surface area contributed by atoms with E-state index in [1.54, 1.807) is 24.5 Å². The van der Waals surface area contributed by atoms with Gasteiger partial charge in [0.1, 0.15) is 71.7 Å². The number of nitrogens with zero attached hydrogens (tertiary/aromatic N) is 17. The van der Waals surface area contributed by atoms with Crippen molar-refractivity contribution in [3.05, 3.63) is 96.0 Å². The first-order chi connectivity index (χ1) is 42.3. The number of nitrogens with two attached hydrogens (primary N) is 6. The van der Waals surface area contributed by atoms with Crippen molar-refractivity contribution in [1.29, 1.82) is 0 Å². The number of rotatable bonds is 12. The monoisotopic (exact) mass is 1420 g/mol. The van der Waals surface area contributed by atoms with Crippen LogP contribution in [0.3, 0.4) is 0 Å². The number of nitrogen functional groups attached to an aromatic ring is 4. The van der Waals surface area contributed by atoms with Crippen molar-refractivity contribution in [2.75, 3.05) is 85.7 Å². The third kappa shape index (κ3) is 36.5. The van der Waals surface area contributed by atoms with Crippen molar-refractivity contribution in [2.24, 2.45) is 11.3 Å². The van der Waals surface area contributed by atoms with Gasteiger partial charge in [0, 0.05) is 0 Å². The molecule has 8 aromatic rings. The molecule has 15 N–H and O–H groups in total. The van der Waals surface area contributed by atoms with Crippen molar-refractivity contribution in [3.63, 3.8) is 0 Å². The van der Waals surface area contributed by atoms with Gasteiger partial charge in [0.15, 0.2) is 79.0 Å². The summed E-state index contributed by atoms with van der Waals surface area (Å²) in [7, 11) is 24.2. The Morgan fingerprint density at radius 1 is 0.494 bits per heavy atom. The molecule has 0 spiro atoms. The highest BCUT2D eigenvalue weighted by Gasteiger charge is 2.10. The summed E-state index contributed by atoms with van der Waals surface area (Å²) >= 11 is 53.3. The van der Waals surface area contributed by atoms with Crippen molar-refractivity contribution >= 4 is 224 Å². The molecule has 0 unspecified atom stereocenters. The first kappa shape index (κ1) is 88.0. The lowest BCUT2D eigenvalue weighted by Crippen LogP contribution is -2.21. The minimum absolute atomic E-state index is 0.0617. The molecule has 8 aromatic heterocycles. The molecule has 89 heavy (non-hydrogen) atoms. The van der Waals surface area contributed by atoms with Gasteiger partial charge < -0.3 is 64.2 Å². The summed E-state index contributed by atoms with van der Waals surface area (Å²) in [5, 5.41) is 7.26. The molecule has 0 saturated heterocycles. The van der Waals surface area contributed by atoms with Gasteiger partial charge in [0.25, 0.3) is 0 Å². The number of fused-ring (bicyclic) bond motifs is 2. The number of halogens is 10. The number of carbonyl (C=O) groups is 1. The molecule has 0 amide bonds. The zero-order chi connectivity index (χ0) is 68.6. The Labute approximate surface area is 574 Å². The molecule has 0 saturated carbocycles. The second-order valence-electron chi connectivity index (χ2n) is 15.1. The van der Waals surface area contributed by atoms with Crippen LogP contribution in [-0.2, 0) is 12.9 Å². The lowest BCUT2D eigenvalue weighted by molar-refractivity contribution is 0.275. The van der Waals surface area contributed by atoms with Crippen LogP contribution >= 0.6 is 116 Å². The largest absolute Gasteiger partial charge is 0.394 e. The average Bonchev–Trinajstić information content (AvgIpc) is 2.34. The lowest BCUT2D eigenvalue weighted by Gasteiger charge is -2.13. The number of H-pyrrole nitrogens is 1. The van der Waals surface area contributed by atoms with Crippen molar-refractivity contribution in [3.8, 4) is 0 Å². The predicted octanol–water partition coefficient (Wildman–Crippen LogP) is 7.24. The first-order valence-corrected chi connectivity index (χ1v) is 29.4. The van der Waals surface area contributed by atoms with E-state index >= 15 is 0 Å². The topological polar surface area (TPSA) is 414 Å². The number of hydrogen-bond donors (Lipinski definition) is 9. The van der Waals surface area contributed by atoms with Crippen LogP contribution in [0.2, 0.25) is 54.9 Å². The molecular weight excluding hydrogens is 1360 g/mol. The van der Waals surface area contributed by atoms with Crippen LogP contribution in [0.1, 0.15) is 41.5 Å². The Kier molecular flexibility index (Phi) is 52.9. The molecule has 10 radical (unpaired) electrons. The van der Waals surface area contributed by atoms with Crippen LogP contribution < -0.4 is 50.5 Å². The minimum atomic E-state index is -0.889. The highest BCUT2D eigenvalue weighted by atomic mass is 35.5. The molecule has 8 rings (SSSR count). The van der Waals surface area contributed by atoms with Gasteiger partial charge in [0.2, 0.25) is 0 Å². The van der Waals surface area contributed by atoms with Crippen LogP contribution in [0, 0.1) is 0 Å². The number of hydrogen-bond acceptors (Lipinski definition) is 25. The third-order valence-corrected chi connectivity index (χ3v) is 12.1. The van der Waals surface area contributed by atoms with Crippen molar-refractivity contribution in [2.45, 2.75) is 68.1 Å². The Morgan fingerprint density at radius 3 is 1.08 bits per heavy atom. The Balaban J connectivity index is -0.000000936. The van der Waals surface area contributed by atoms with E-state index in [4.69, 9.17) is 163 Å². The summed E-state index contributed by atoms with van der Waals surface area (Å²) in [5.74, 6) is 0.931. The van der Waals surface area contributed by atoms with E-state index in [9.17, 15) is 4.79 Å². The summed E-state index contributed by atoms with van der Waals surface area (Å²) in [6, 6.07) is 0. The first-order valence-electron chi connectivity index (χ1n) is 25.6. The summed E-state index contributed by atoms with van der Waals surface area (Å²) in [5.41, 5.74) is 33.9. The molecule has 44 heteroatoms. The molecule has 8 heterocycles. The fraction of sp³-hybridized carbons (Fsp3) is 0.400. The van der Waals surface area contributed by atoms with Crippen molar-refractivity contribution < 1.29 is 4.79 Å². The summed E-state index contributed by atoms with van der Waals surface area (Å²) in [6.45, 7) is 23.8. The van der Waals surface area contributed by atoms with Crippen LogP contribution in [0.5, 0.6) is 0 Å². The molecule has 0 aliphatic carbocycles. The van der Waals surface area contributed by atoms with E-state index in [1.165, 1.54) is 96.6 Å². The third-order valence-electron chi connectivity index (χ3n) is 9.72. The second-order valence-corrected chi connectivity index (χ2v) is 18.9. The van der Waals surface area contributed by atoms with Gasteiger partial charge in [-0.3, -0.25) is 9.36 Å². The van der Waals surface area contributed by atoms with E-state index in [2.05, 4.69) is 155 Å². The molecule has 0 fully saturated rings. The molecule has 0 aliphatic heterocycles. The second kappa shape index (κ2) is 53.5. The van der Waals surface area contributed by atoms with Crippen LogP contribution in [-0.4, -0.2) is 192 Å². The zero-order valence-electron chi connectivity index (χ0n) is 49.7. The predicted molar refractivity (Wildman–Crippen MR) is 375 cm³/mol. The summed E-state index contributed by atoms with van der Waals surface area (Å²) in [4.78, 5) is 76.2. The molecule has 0 bridgehead atoms. The fourth-order valence-electron chi connectivity index (χ4n) is 5.37. The normalized spacial score (nSPS) is 9.55. The van der Waals surface area contributed by atoms with Gasteiger partial charge in [-0.05, 0) is 88.2 Å². The van der Waals surface area contributed by atoms with Crippen LogP contribution in [0.25, 0.3) is 22.3 Å². The van der Waals surface area contributed by atoms with E-state index in [0.29, 0.717) is 56.9 Å². The van der Waals surface area contributed by atoms with E-state index < -0.39 is 4.70 Å². The number of anilines is 6. The number of aromatic amines is 1. The van der Waals surface area contributed by atoms with E-state index in [-0.39, 0.29) is 72.5 Å². The van der Waals surface area contributed by atoms with E-state index in [0.717, 1.165) is 0 Å². The molecular formula is C45H66B6Cl10N26O2. The van der Waals surface area contributed by atoms with Gasteiger partial charge in [-0.25, -0.2) is 69.6 Å². The van der Waals surface area contributed by atoms with Crippen LogP contribution in [0.4, 0.5) is 39.2 Å². The summed E-state index contributed by atoms with van der Waals surface area (Å²) < 4.78 is 2.09. The molecule has 0 aliphatic rings.